The molecule has 0 fully saturated rings. The normalized spacial score (nSPS) is 12.6. The molecule has 11 aromatic rings. The second-order valence-corrected chi connectivity index (χ2v) is 16.1. The van der Waals surface area contributed by atoms with E-state index in [9.17, 15) is 0 Å². The van der Waals surface area contributed by atoms with E-state index >= 15 is 0 Å². The summed E-state index contributed by atoms with van der Waals surface area (Å²) in [5.74, 6) is 0.697. The van der Waals surface area contributed by atoms with E-state index in [1.807, 2.05) is 12.1 Å². The van der Waals surface area contributed by atoms with Crippen LogP contribution in [0, 0.1) is 0 Å². The molecule has 62 heavy (non-hydrogen) atoms. The molecule has 0 atom stereocenters. The van der Waals surface area contributed by atoms with Crippen LogP contribution in [0.3, 0.4) is 0 Å². The Bertz CT molecular complexity index is 3320. The average molecular weight is 790 g/mol. The van der Waals surface area contributed by atoms with E-state index in [0.717, 1.165) is 33.8 Å². The van der Waals surface area contributed by atoms with Crippen molar-refractivity contribution < 1.29 is 0 Å². The van der Waals surface area contributed by atoms with Crippen molar-refractivity contribution in [1.82, 2.24) is 14.5 Å². The van der Waals surface area contributed by atoms with Crippen LogP contribution in [-0.4, -0.2) is 14.5 Å². The molecule has 0 unspecified atom stereocenters. The molecule has 1 aliphatic carbocycles. The fraction of sp³-hybridized carbons (Fsp3) is 0.0169. The van der Waals surface area contributed by atoms with E-state index in [1.54, 1.807) is 0 Å². The van der Waals surface area contributed by atoms with Gasteiger partial charge < -0.3 is 4.57 Å². The van der Waals surface area contributed by atoms with Gasteiger partial charge in [0, 0.05) is 33.2 Å². The smallest absolute Gasteiger partial charge is 0.160 e. The lowest BCUT2D eigenvalue weighted by atomic mass is 9.67. The van der Waals surface area contributed by atoms with Crippen molar-refractivity contribution in [2.75, 3.05) is 0 Å². The van der Waals surface area contributed by atoms with Gasteiger partial charge in [0.25, 0.3) is 0 Å². The molecule has 0 N–H and O–H groups in total. The second kappa shape index (κ2) is 14.5. The van der Waals surface area contributed by atoms with Gasteiger partial charge in [0.1, 0.15) is 0 Å². The summed E-state index contributed by atoms with van der Waals surface area (Å²) < 4.78 is 2.41. The lowest BCUT2D eigenvalue weighted by Gasteiger charge is -2.34. The van der Waals surface area contributed by atoms with Gasteiger partial charge in [-0.25, -0.2) is 9.97 Å². The van der Waals surface area contributed by atoms with Crippen LogP contribution in [0.2, 0.25) is 0 Å². The third-order valence-electron chi connectivity index (χ3n) is 12.7. The van der Waals surface area contributed by atoms with E-state index in [4.69, 9.17) is 9.97 Å². The van der Waals surface area contributed by atoms with Crippen molar-refractivity contribution >= 4 is 21.8 Å². The van der Waals surface area contributed by atoms with Gasteiger partial charge in [0.15, 0.2) is 5.82 Å². The largest absolute Gasteiger partial charge is 0.309 e. The van der Waals surface area contributed by atoms with E-state index in [0.29, 0.717) is 5.82 Å². The van der Waals surface area contributed by atoms with Crippen molar-refractivity contribution in [2.45, 2.75) is 5.41 Å². The number of hydrogen-bond donors (Lipinski definition) is 0. The van der Waals surface area contributed by atoms with Crippen molar-refractivity contribution in [3.63, 3.8) is 0 Å². The first-order valence-electron chi connectivity index (χ1n) is 21.2. The summed E-state index contributed by atoms with van der Waals surface area (Å²) in [6.07, 6.45) is 0. The Morgan fingerprint density at radius 1 is 0.323 bits per heavy atom. The number of aromatic nitrogens is 3. The van der Waals surface area contributed by atoms with Crippen molar-refractivity contribution in [3.8, 4) is 61.8 Å². The Labute approximate surface area is 360 Å². The minimum atomic E-state index is -0.597. The third kappa shape index (κ3) is 5.67. The highest BCUT2D eigenvalue weighted by Gasteiger charge is 2.46. The minimum absolute atomic E-state index is 0.597. The number of rotatable bonds is 7. The molecule has 0 saturated carbocycles. The number of fused-ring (bicyclic) bond motifs is 6. The van der Waals surface area contributed by atoms with Gasteiger partial charge in [-0.3, -0.25) is 0 Å². The molecule has 0 aliphatic heterocycles. The predicted octanol–water partition coefficient (Wildman–Crippen LogP) is 14.6. The molecule has 2 aromatic heterocycles. The van der Waals surface area contributed by atoms with Crippen molar-refractivity contribution in [3.05, 3.63) is 259 Å². The van der Waals surface area contributed by atoms with Gasteiger partial charge in [-0.1, -0.05) is 194 Å². The Hall–Kier alpha value is -8.14. The fourth-order valence-corrected chi connectivity index (χ4v) is 9.90. The Balaban J connectivity index is 1.09. The number of nitrogens with zero attached hydrogens (tertiary/aromatic N) is 3. The van der Waals surface area contributed by atoms with Crippen LogP contribution in [0.15, 0.2) is 237 Å². The van der Waals surface area contributed by atoms with Gasteiger partial charge in [-0.15, -0.1) is 0 Å². The third-order valence-corrected chi connectivity index (χ3v) is 12.7. The Morgan fingerprint density at radius 3 is 1.35 bits per heavy atom. The van der Waals surface area contributed by atoms with Crippen molar-refractivity contribution in [1.29, 1.82) is 0 Å². The first-order chi connectivity index (χ1) is 30.7. The molecule has 0 bridgehead atoms. The molecule has 0 saturated heterocycles. The lowest BCUT2D eigenvalue weighted by molar-refractivity contribution is 0.770. The SMILES string of the molecule is c1ccc(-c2ccc3c(c2)c2cc(C4(c5ccc(-c6nc(-c7ccccc7)cc(-c7ccccc7)n6)cc5)c5ccccc5-c5ccccc54)ccc2n3-c2ccccc2)cc1. The molecule has 290 valence electrons. The molecule has 1 aliphatic rings. The minimum Gasteiger partial charge on any atom is -0.309 e. The van der Waals surface area contributed by atoms with E-state index in [2.05, 4.69) is 229 Å². The van der Waals surface area contributed by atoms with Gasteiger partial charge in [-0.2, -0.15) is 0 Å². The molecule has 3 nitrogen and oxygen atoms in total. The maximum Gasteiger partial charge on any atom is 0.160 e. The molecule has 0 amide bonds. The summed E-state index contributed by atoms with van der Waals surface area (Å²) in [6, 6.07) is 85.3. The predicted molar refractivity (Wildman–Crippen MR) is 255 cm³/mol. The topological polar surface area (TPSA) is 30.7 Å². The van der Waals surface area contributed by atoms with Gasteiger partial charge >= 0.3 is 0 Å². The molecule has 3 heteroatoms. The average Bonchev–Trinajstić information content (AvgIpc) is 3.85. The summed E-state index contributed by atoms with van der Waals surface area (Å²) in [5.41, 5.74) is 17.7. The summed E-state index contributed by atoms with van der Waals surface area (Å²) >= 11 is 0. The summed E-state index contributed by atoms with van der Waals surface area (Å²) in [5, 5.41) is 2.44. The van der Waals surface area contributed by atoms with E-state index < -0.39 is 5.41 Å². The Kier molecular flexibility index (Phi) is 8.39. The van der Waals surface area contributed by atoms with Crippen LogP contribution in [-0.2, 0) is 5.41 Å². The van der Waals surface area contributed by atoms with Crippen LogP contribution < -0.4 is 0 Å². The standard InChI is InChI=1S/C59H39N3/c1-5-17-40(18-6-1)44-31-35-56-50(37-44)51-38-46(34-36-57(51)62(56)47-23-11-4-12-24-47)59(52-27-15-13-25-48(52)49-26-14-16-28-53(49)59)45-32-29-43(30-33-45)58-60-54(41-19-7-2-8-20-41)39-55(61-58)42-21-9-3-10-22-42/h1-39H. The maximum atomic E-state index is 5.18. The molecule has 12 rings (SSSR count). The first kappa shape index (κ1) is 35.8. The van der Waals surface area contributed by atoms with Gasteiger partial charge in [-0.05, 0) is 87.0 Å². The highest BCUT2D eigenvalue weighted by Crippen LogP contribution is 2.56. The monoisotopic (exact) mass is 789 g/mol. The van der Waals surface area contributed by atoms with E-state index in [-0.39, 0.29) is 0 Å². The van der Waals surface area contributed by atoms with Gasteiger partial charge in [0.2, 0.25) is 0 Å². The highest BCUT2D eigenvalue weighted by atomic mass is 15.0. The molecule has 2 heterocycles. The van der Waals surface area contributed by atoms with E-state index in [1.165, 1.54) is 66.3 Å². The quantitative estimate of drug-likeness (QED) is 0.161. The van der Waals surface area contributed by atoms with Crippen molar-refractivity contribution in [2.24, 2.45) is 0 Å². The zero-order valence-corrected chi connectivity index (χ0v) is 33.9. The fourth-order valence-electron chi connectivity index (χ4n) is 9.90. The van der Waals surface area contributed by atoms with Crippen LogP contribution in [0.4, 0.5) is 0 Å². The molecular weight excluding hydrogens is 751 g/mol. The number of hydrogen-bond acceptors (Lipinski definition) is 2. The summed E-state index contributed by atoms with van der Waals surface area (Å²) in [7, 11) is 0. The Morgan fingerprint density at radius 2 is 0.774 bits per heavy atom. The first-order valence-corrected chi connectivity index (χ1v) is 21.2. The summed E-state index contributed by atoms with van der Waals surface area (Å²) in [6.45, 7) is 0. The maximum absolute atomic E-state index is 5.18. The zero-order valence-electron chi connectivity index (χ0n) is 33.9. The molecular formula is C59H39N3. The highest BCUT2D eigenvalue weighted by molar-refractivity contribution is 6.11. The van der Waals surface area contributed by atoms with Gasteiger partial charge in [0.05, 0.1) is 27.8 Å². The molecule has 9 aromatic carbocycles. The molecule has 0 radical (unpaired) electrons. The van der Waals surface area contributed by atoms with Crippen LogP contribution >= 0.6 is 0 Å². The zero-order chi connectivity index (χ0) is 41.0. The summed E-state index contributed by atoms with van der Waals surface area (Å²) in [4.78, 5) is 10.4. The molecule has 0 spiro atoms. The number of para-hydroxylation sites is 1. The lowest BCUT2D eigenvalue weighted by Crippen LogP contribution is -2.28. The van der Waals surface area contributed by atoms with Crippen LogP contribution in [0.5, 0.6) is 0 Å². The van der Waals surface area contributed by atoms with Crippen LogP contribution in [0.1, 0.15) is 22.3 Å². The van der Waals surface area contributed by atoms with Crippen LogP contribution in [0.25, 0.3) is 83.6 Å². The number of benzene rings is 9. The second-order valence-electron chi connectivity index (χ2n) is 16.1.